The Morgan fingerprint density at radius 3 is 2.68 bits per heavy atom. The molecule has 0 bridgehead atoms. The quantitative estimate of drug-likeness (QED) is 0.870. The molecule has 2 N–H and O–H groups in total. The fourth-order valence-corrected chi connectivity index (χ4v) is 2.01. The van der Waals surface area contributed by atoms with Crippen molar-refractivity contribution in [3.63, 3.8) is 0 Å². The van der Waals surface area contributed by atoms with Crippen LogP contribution < -0.4 is 15.2 Å². The Morgan fingerprint density at radius 1 is 1.21 bits per heavy atom. The van der Waals surface area contributed by atoms with Gasteiger partial charge in [0, 0.05) is 10.0 Å². The second kappa shape index (κ2) is 5.93. The summed E-state index contributed by atoms with van der Waals surface area (Å²) in [6.45, 7) is 0.0921. The SMILES string of the molecule is COc1cccc(COc2ccc(Br)cc2N)c1F. The van der Waals surface area contributed by atoms with Crippen LogP contribution in [0, 0.1) is 5.82 Å². The van der Waals surface area contributed by atoms with Crippen molar-refractivity contribution in [3.05, 3.63) is 52.3 Å². The van der Waals surface area contributed by atoms with Gasteiger partial charge in [-0.25, -0.2) is 4.39 Å². The minimum atomic E-state index is -0.416. The number of halogens is 2. The lowest BCUT2D eigenvalue weighted by Crippen LogP contribution is -2.02. The Balaban J connectivity index is 2.14. The van der Waals surface area contributed by atoms with Gasteiger partial charge >= 0.3 is 0 Å². The summed E-state index contributed by atoms with van der Waals surface area (Å²) >= 11 is 3.31. The lowest BCUT2D eigenvalue weighted by Gasteiger charge is -2.11. The first-order valence-corrected chi connectivity index (χ1v) is 6.40. The van der Waals surface area contributed by atoms with Crippen LogP contribution in [0.1, 0.15) is 5.56 Å². The third-order valence-electron chi connectivity index (χ3n) is 2.62. The molecule has 2 aromatic rings. The van der Waals surface area contributed by atoms with Crippen molar-refractivity contribution < 1.29 is 13.9 Å². The van der Waals surface area contributed by atoms with E-state index in [-0.39, 0.29) is 12.4 Å². The van der Waals surface area contributed by atoms with Gasteiger partial charge in [-0.1, -0.05) is 28.1 Å². The fraction of sp³-hybridized carbons (Fsp3) is 0.143. The number of nitrogen functional groups attached to an aromatic ring is 1. The predicted molar refractivity (Wildman–Crippen MR) is 75.8 cm³/mol. The van der Waals surface area contributed by atoms with Crippen LogP contribution in [0.4, 0.5) is 10.1 Å². The lowest BCUT2D eigenvalue weighted by molar-refractivity contribution is 0.297. The molecule has 0 fully saturated rings. The lowest BCUT2D eigenvalue weighted by atomic mass is 10.2. The van der Waals surface area contributed by atoms with E-state index >= 15 is 0 Å². The molecule has 19 heavy (non-hydrogen) atoms. The number of ether oxygens (including phenoxy) is 2. The molecule has 0 radical (unpaired) electrons. The van der Waals surface area contributed by atoms with Gasteiger partial charge in [-0.15, -0.1) is 0 Å². The van der Waals surface area contributed by atoms with Gasteiger partial charge in [0.15, 0.2) is 11.6 Å². The predicted octanol–water partition coefficient (Wildman–Crippen LogP) is 3.76. The van der Waals surface area contributed by atoms with Crippen LogP contribution in [-0.4, -0.2) is 7.11 Å². The van der Waals surface area contributed by atoms with Gasteiger partial charge in [0.05, 0.1) is 12.8 Å². The van der Waals surface area contributed by atoms with E-state index in [0.29, 0.717) is 17.0 Å². The number of nitrogens with two attached hydrogens (primary N) is 1. The Kier molecular flexibility index (Phi) is 4.27. The molecule has 0 aromatic heterocycles. The summed E-state index contributed by atoms with van der Waals surface area (Å²) in [5.41, 5.74) is 6.72. The van der Waals surface area contributed by atoms with Gasteiger partial charge in [0.25, 0.3) is 0 Å². The maximum atomic E-state index is 13.9. The topological polar surface area (TPSA) is 44.5 Å². The Bertz CT molecular complexity index is 590. The van der Waals surface area contributed by atoms with E-state index in [1.807, 2.05) is 6.07 Å². The molecule has 0 atom stereocenters. The number of hydrogen-bond acceptors (Lipinski definition) is 3. The molecule has 0 aliphatic carbocycles. The van der Waals surface area contributed by atoms with E-state index in [1.54, 1.807) is 30.3 Å². The zero-order chi connectivity index (χ0) is 13.8. The standard InChI is InChI=1S/C14H13BrFNO2/c1-18-13-4-2-3-9(14(13)16)8-19-12-6-5-10(15)7-11(12)17/h2-7H,8,17H2,1H3. The van der Waals surface area contributed by atoms with Crippen LogP contribution in [0.2, 0.25) is 0 Å². The van der Waals surface area contributed by atoms with E-state index in [2.05, 4.69) is 15.9 Å². The molecule has 0 aliphatic rings. The molecular formula is C14H13BrFNO2. The number of hydrogen-bond donors (Lipinski definition) is 1. The van der Waals surface area contributed by atoms with Gasteiger partial charge in [0.2, 0.25) is 0 Å². The first-order valence-electron chi connectivity index (χ1n) is 5.61. The van der Waals surface area contributed by atoms with Crippen molar-refractivity contribution >= 4 is 21.6 Å². The Labute approximate surface area is 119 Å². The van der Waals surface area contributed by atoms with Gasteiger partial charge in [0.1, 0.15) is 12.4 Å². The van der Waals surface area contributed by atoms with E-state index in [1.165, 1.54) is 7.11 Å². The molecule has 3 nitrogen and oxygen atoms in total. The Morgan fingerprint density at radius 2 is 2.00 bits per heavy atom. The minimum absolute atomic E-state index is 0.0921. The summed E-state index contributed by atoms with van der Waals surface area (Å²) in [4.78, 5) is 0. The zero-order valence-electron chi connectivity index (χ0n) is 10.3. The molecule has 0 heterocycles. The first-order chi connectivity index (χ1) is 9.11. The molecular weight excluding hydrogens is 313 g/mol. The summed E-state index contributed by atoms with van der Waals surface area (Å²) < 4.78 is 25.2. The van der Waals surface area contributed by atoms with Crippen molar-refractivity contribution in [1.82, 2.24) is 0 Å². The highest BCUT2D eigenvalue weighted by molar-refractivity contribution is 9.10. The minimum Gasteiger partial charge on any atom is -0.494 e. The van der Waals surface area contributed by atoms with Crippen LogP contribution in [0.3, 0.4) is 0 Å². The maximum absolute atomic E-state index is 13.9. The van der Waals surface area contributed by atoms with Crippen molar-refractivity contribution in [2.75, 3.05) is 12.8 Å². The van der Waals surface area contributed by atoms with E-state index in [9.17, 15) is 4.39 Å². The van der Waals surface area contributed by atoms with Crippen LogP contribution in [-0.2, 0) is 6.61 Å². The molecule has 100 valence electrons. The average Bonchev–Trinajstić information content (AvgIpc) is 2.39. The smallest absolute Gasteiger partial charge is 0.171 e. The monoisotopic (exact) mass is 325 g/mol. The van der Waals surface area contributed by atoms with E-state index in [0.717, 1.165) is 4.47 Å². The second-order valence-corrected chi connectivity index (χ2v) is 4.82. The van der Waals surface area contributed by atoms with Crippen molar-refractivity contribution in [2.24, 2.45) is 0 Å². The molecule has 2 aromatic carbocycles. The van der Waals surface area contributed by atoms with Crippen molar-refractivity contribution in [2.45, 2.75) is 6.61 Å². The molecule has 0 aliphatic heterocycles. The normalized spacial score (nSPS) is 10.3. The average molecular weight is 326 g/mol. The number of benzene rings is 2. The number of methoxy groups -OCH3 is 1. The number of anilines is 1. The van der Waals surface area contributed by atoms with Crippen LogP contribution in [0.25, 0.3) is 0 Å². The highest BCUT2D eigenvalue weighted by atomic mass is 79.9. The number of rotatable bonds is 4. The van der Waals surface area contributed by atoms with Crippen LogP contribution in [0.5, 0.6) is 11.5 Å². The maximum Gasteiger partial charge on any atom is 0.171 e. The Hall–Kier alpha value is -1.75. The van der Waals surface area contributed by atoms with Gasteiger partial charge in [-0.3, -0.25) is 0 Å². The molecule has 5 heteroatoms. The summed E-state index contributed by atoms with van der Waals surface area (Å²) in [5, 5.41) is 0. The van der Waals surface area contributed by atoms with Gasteiger partial charge in [-0.2, -0.15) is 0 Å². The molecule has 0 amide bonds. The highest BCUT2D eigenvalue weighted by Gasteiger charge is 2.09. The molecule has 0 saturated heterocycles. The summed E-state index contributed by atoms with van der Waals surface area (Å²) in [6.07, 6.45) is 0. The van der Waals surface area contributed by atoms with Crippen molar-refractivity contribution in [3.8, 4) is 11.5 Å². The highest BCUT2D eigenvalue weighted by Crippen LogP contribution is 2.27. The van der Waals surface area contributed by atoms with Crippen LogP contribution >= 0.6 is 15.9 Å². The zero-order valence-corrected chi connectivity index (χ0v) is 11.9. The van der Waals surface area contributed by atoms with Crippen molar-refractivity contribution in [1.29, 1.82) is 0 Å². The van der Waals surface area contributed by atoms with Gasteiger partial charge < -0.3 is 15.2 Å². The third-order valence-corrected chi connectivity index (χ3v) is 3.11. The molecule has 0 unspecified atom stereocenters. The van der Waals surface area contributed by atoms with E-state index < -0.39 is 5.82 Å². The largest absolute Gasteiger partial charge is 0.494 e. The fourth-order valence-electron chi connectivity index (χ4n) is 1.63. The third kappa shape index (κ3) is 3.17. The summed E-state index contributed by atoms with van der Waals surface area (Å²) in [7, 11) is 1.43. The van der Waals surface area contributed by atoms with E-state index in [4.69, 9.17) is 15.2 Å². The molecule has 0 saturated carbocycles. The molecule has 0 spiro atoms. The summed E-state index contributed by atoms with van der Waals surface area (Å²) in [6, 6.07) is 10.2. The van der Waals surface area contributed by atoms with Gasteiger partial charge in [-0.05, 0) is 24.3 Å². The van der Waals surface area contributed by atoms with Crippen LogP contribution in [0.15, 0.2) is 40.9 Å². The molecule has 2 rings (SSSR count). The summed E-state index contributed by atoms with van der Waals surface area (Å²) in [5.74, 6) is 0.302. The first kappa shape index (κ1) is 13.7. The second-order valence-electron chi connectivity index (χ2n) is 3.90.